The molecule has 0 radical (unpaired) electrons. The Bertz CT molecular complexity index is 1520. The first-order valence-electron chi connectivity index (χ1n) is 13.7. The molecule has 254 valence electrons. The van der Waals surface area contributed by atoms with Crippen molar-refractivity contribution in [3.8, 4) is 18.2 Å². The summed E-state index contributed by atoms with van der Waals surface area (Å²) in [5.74, 6) is -0.577. The van der Waals surface area contributed by atoms with E-state index in [1.807, 2.05) is 25.1 Å². The van der Waals surface area contributed by atoms with Crippen LogP contribution in [0.4, 0.5) is 39.5 Å². The maximum Gasteiger partial charge on any atom is 0.416 e. The highest BCUT2D eigenvalue weighted by Crippen LogP contribution is 2.33. The van der Waals surface area contributed by atoms with Gasteiger partial charge in [-0.3, -0.25) is 9.97 Å². The fourth-order valence-electron chi connectivity index (χ4n) is 3.10. The van der Waals surface area contributed by atoms with Crippen LogP contribution in [-0.2, 0) is 23.9 Å². The van der Waals surface area contributed by atoms with E-state index in [9.17, 15) is 39.5 Å². The quantitative estimate of drug-likeness (QED) is 0.190. The second-order valence-electron chi connectivity index (χ2n) is 9.56. The Morgan fingerprint density at radius 1 is 0.723 bits per heavy atom. The Morgan fingerprint density at radius 3 is 1.53 bits per heavy atom. The molecule has 0 aromatic carbocycles. The van der Waals surface area contributed by atoms with E-state index in [1.165, 1.54) is 0 Å². The fraction of sp³-hybridized carbons (Fsp3) is 0.419. The van der Waals surface area contributed by atoms with Crippen molar-refractivity contribution in [3.63, 3.8) is 0 Å². The molecule has 0 bridgehead atoms. The molecular formula is C31H30BrF9N6. The molecule has 0 saturated heterocycles. The first kappa shape index (κ1) is 42.8. The number of rotatable bonds is 5. The average molecular weight is 738 g/mol. The van der Waals surface area contributed by atoms with E-state index < -0.39 is 46.6 Å². The van der Waals surface area contributed by atoms with Crippen molar-refractivity contribution in [2.24, 2.45) is 0 Å². The van der Waals surface area contributed by atoms with Crippen LogP contribution < -0.4 is 0 Å². The number of halogens is 10. The highest BCUT2D eigenvalue weighted by molar-refractivity contribution is 9.10. The van der Waals surface area contributed by atoms with E-state index >= 15 is 0 Å². The van der Waals surface area contributed by atoms with Crippen molar-refractivity contribution in [2.75, 3.05) is 0 Å². The molecule has 3 rings (SSSR count). The summed E-state index contributed by atoms with van der Waals surface area (Å²) in [5, 5.41) is 25.5. The van der Waals surface area contributed by atoms with Gasteiger partial charge >= 0.3 is 18.5 Å². The van der Waals surface area contributed by atoms with Crippen molar-refractivity contribution < 1.29 is 39.5 Å². The van der Waals surface area contributed by atoms with Crippen LogP contribution in [-0.4, -0.2) is 15.0 Å². The zero-order valence-corrected chi connectivity index (χ0v) is 27.2. The lowest BCUT2D eigenvalue weighted by molar-refractivity contribution is -0.138. The molecule has 0 fully saturated rings. The molecule has 0 saturated carbocycles. The molecule has 2 unspecified atom stereocenters. The highest BCUT2D eigenvalue weighted by Gasteiger charge is 2.34. The minimum Gasteiger partial charge on any atom is -0.260 e. The minimum absolute atomic E-state index is 0.160. The zero-order valence-electron chi connectivity index (χ0n) is 25.6. The molecule has 6 nitrogen and oxygen atoms in total. The minimum atomic E-state index is -4.40. The van der Waals surface area contributed by atoms with Crippen molar-refractivity contribution in [1.29, 1.82) is 15.8 Å². The monoisotopic (exact) mass is 736 g/mol. The Hall–Kier alpha value is -4.23. The maximum absolute atomic E-state index is 12.5. The number of unbranched alkanes of at least 4 members (excludes halogenated alkanes) is 1. The van der Waals surface area contributed by atoms with Crippen molar-refractivity contribution in [2.45, 2.75) is 83.2 Å². The van der Waals surface area contributed by atoms with E-state index in [0.29, 0.717) is 19.3 Å². The molecule has 47 heavy (non-hydrogen) atoms. The number of nitrogens with zero attached hydrogens (tertiary/aromatic N) is 6. The summed E-state index contributed by atoms with van der Waals surface area (Å²) in [6, 6.07) is 11.4. The van der Waals surface area contributed by atoms with E-state index in [0.717, 1.165) is 61.4 Å². The molecule has 0 aliphatic heterocycles. The maximum atomic E-state index is 12.5. The van der Waals surface area contributed by atoms with E-state index in [-0.39, 0.29) is 16.0 Å². The molecule has 0 amide bonds. The predicted octanol–water partition coefficient (Wildman–Crippen LogP) is 10.6. The van der Waals surface area contributed by atoms with Crippen LogP contribution in [0.5, 0.6) is 0 Å². The normalized spacial score (nSPS) is 12.8. The summed E-state index contributed by atoms with van der Waals surface area (Å²) >= 11 is 2.84. The van der Waals surface area contributed by atoms with Crippen LogP contribution in [0, 0.1) is 34.0 Å². The van der Waals surface area contributed by atoms with Gasteiger partial charge in [0.2, 0.25) is 0 Å². The van der Waals surface area contributed by atoms with Gasteiger partial charge in [0.05, 0.1) is 57.6 Å². The third kappa shape index (κ3) is 15.3. The van der Waals surface area contributed by atoms with Crippen LogP contribution in [0.15, 0.2) is 59.6 Å². The predicted molar refractivity (Wildman–Crippen MR) is 158 cm³/mol. The fourth-order valence-corrected chi connectivity index (χ4v) is 3.46. The zero-order chi connectivity index (χ0) is 36.5. The summed E-state index contributed by atoms with van der Waals surface area (Å²) in [5.41, 5.74) is -2.86. The van der Waals surface area contributed by atoms with E-state index in [4.69, 9.17) is 15.8 Å². The lowest BCUT2D eigenvalue weighted by atomic mass is 9.85. The Kier molecular flexibility index (Phi) is 17.7. The second-order valence-corrected chi connectivity index (χ2v) is 10.4. The molecule has 3 aromatic heterocycles. The standard InChI is InChI=1S/C11H11F3N2.C10H9F3N2.C6H3BrF3N.C4H7N/c1-3-10(2,7-15)9-6-8(4-5-16-9)11(12,13)14;1-2-7(6-14)9-5-8(3-4-15-9)10(11,12)13;7-5-3-4(1-2-11-5)6(8,9)10;1-2-3-4-5/h4-6H,3H2,1-2H3;3-5,7H,2H2,1H3;1-3H;2-3H2,1H3. The van der Waals surface area contributed by atoms with Gasteiger partial charge in [-0.1, -0.05) is 20.8 Å². The summed E-state index contributed by atoms with van der Waals surface area (Å²) in [6.45, 7) is 7.04. The number of hydrogen-bond acceptors (Lipinski definition) is 6. The summed E-state index contributed by atoms with van der Waals surface area (Å²) < 4.78 is 110. The first-order valence-corrected chi connectivity index (χ1v) is 14.5. The van der Waals surface area contributed by atoms with Crippen molar-refractivity contribution >= 4 is 15.9 Å². The SMILES string of the molecule is CCC(C#N)c1cc(C(F)(F)F)ccn1.CCC(C)(C#N)c1cc(C(F)(F)F)ccn1.CCCC#N.FC(F)(F)c1ccnc(Br)c1. The van der Waals surface area contributed by atoms with Gasteiger partial charge in [-0.15, -0.1) is 0 Å². The molecule has 0 spiro atoms. The summed E-state index contributed by atoms with van der Waals surface area (Å²) in [6.07, 6.45) is -7.26. The number of alkyl halides is 9. The number of pyridine rings is 3. The van der Waals surface area contributed by atoms with Gasteiger partial charge in [-0.05, 0) is 78.5 Å². The number of nitriles is 3. The van der Waals surface area contributed by atoms with Crippen molar-refractivity contribution in [1.82, 2.24) is 15.0 Å². The third-order valence-corrected chi connectivity index (χ3v) is 6.49. The van der Waals surface area contributed by atoms with Crippen molar-refractivity contribution in [3.05, 3.63) is 87.7 Å². The lowest BCUT2D eigenvalue weighted by Crippen LogP contribution is -2.21. The number of hydrogen-bond donors (Lipinski definition) is 0. The first-order chi connectivity index (χ1) is 21.7. The molecule has 0 N–H and O–H groups in total. The highest BCUT2D eigenvalue weighted by atomic mass is 79.9. The molecule has 3 heterocycles. The van der Waals surface area contributed by atoms with E-state index in [1.54, 1.807) is 20.8 Å². The molecular weight excluding hydrogens is 707 g/mol. The Balaban J connectivity index is 0.000000637. The molecule has 0 aliphatic rings. The third-order valence-electron chi connectivity index (χ3n) is 6.05. The van der Waals surface area contributed by atoms with Crippen LogP contribution >= 0.6 is 15.9 Å². The summed E-state index contributed by atoms with van der Waals surface area (Å²) in [7, 11) is 0. The van der Waals surface area contributed by atoms with Gasteiger partial charge in [-0.25, -0.2) is 4.98 Å². The lowest BCUT2D eigenvalue weighted by Gasteiger charge is -2.19. The average Bonchev–Trinajstić information content (AvgIpc) is 3.02. The molecule has 3 aromatic rings. The molecule has 16 heteroatoms. The smallest absolute Gasteiger partial charge is 0.260 e. The molecule has 0 aliphatic carbocycles. The van der Waals surface area contributed by atoms with Gasteiger partial charge < -0.3 is 0 Å². The van der Waals surface area contributed by atoms with Gasteiger partial charge in [-0.2, -0.15) is 55.3 Å². The largest absolute Gasteiger partial charge is 0.416 e. The van der Waals surface area contributed by atoms with Crippen LogP contribution in [0.2, 0.25) is 0 Å². The second kappa shape index (κ2) is 19.4. The van der Waals surface area contributed by atoms with Gasteiger partial charge in [0, 0.05) is 25.0 Å². The van der Waals surface area contributed by atoms with Gasteiger partial charge in [0.25, 0.3) is 0 Å². The van der Waals surface area contributed by atoms with Crippen LogP contribution in [0.3, 0.4) is 0 Å². The van der Waals surface area contributed by atoms with Crippen LogP contribution in [0.25, 0.3) is 0 Å². The van der Waals surface area contributed by atoms with Crippen LogP contribution in [0.1, 0.15) is 87.4 Å². The van der Waals surface area contributed by atoms with E-state index in [2.05, 4.69) is 30.9 Å². The van der Waals surface area contributed by atoms with Gasteiger partial charge in [0.15, 0.2) is 0 Å². The topological polar surface area (TPSA) is 110 Å². The summed E-state index contributed by atoms with van der Waals surface area (Å²) in [4.78, 5) is 11.2. The number of aromatic nitrogens is 3. The molecule has 2 atom stereocenters. The Labute approximate surface area is 275 Å². The van der Waals surface area contributed by atoms with Gasteiger partial charge in [0.1, 0.15) is 4.60 Å². The Morgan fingerprint density at radius 2 is 1.19 bits per heavy atom.